The summed E-state index contributed by atoms with van der Waals surface area (Å²) in [7, 11) is 3.28. The average molecular weight is 500 g/mol. The summed E-state index contributed by atoms with van der Waals surface area (Å²) in [6, 6.07) is 4.96. The second-order valence-electron chi connectivity index (χ2n) is 9.01. The predicted molar refractivity (Wildman–Crippen MR) is 148 cm³/mol. The Labute approximate surface area is 216 Å². The fourth-order valence-electron chi connectivity index (χ4n) is 3.69. The molecule has 0 radical (unpaired) electrons. The summed E-state index contributed by atoms with van der Waals surface area (Å²) in [5, 5.41) is 0. The molecule has 0 aliphatic carbocycles. The number of aryl methyl sites for hydroxylation is 1. The van der Waals surface area contributed by atoms with E-state index in [0.717, 1.165) is 49.7 Å². The van der Waals surface area contributed by atoms with Gasteiger partial charge < -0.3 is 14.5 Å². The molecule has 1 aliphatic rings. The number of carbonyl (C=O) groups excluding carboxylic acids is 1. The molecule has 1 saturated heterocycles. The van der Waals surface area contributed by atoms with Gasteiger partial charge in [-0.3, -0.25) is 9.79 Å². The summed E-state index contributed by atoms with van der Waals surface area (Å²) in [4.78, 5) is 28.2. The molecule has 0 N–H and O–H groups in total. The largest absolute Gasteiger partial charge is 0.497 e. The Morgan fingerprint density at radius 2 is 1.83 bits per heavy atom. The van der Waals surface area contributed by atoms with Crippen LogP contribution in [0.5, 0.6) is 0 Å². The molecule has 0 atom stereocenters. The highest BCUT2D eigenvalue weighted by Crippen LogP contribution is 2.14. The van der Waals surface area contributed by atoms with Crippen LogP contribution in [0.25, 0.3) is 0 Å². The van der Waals surface area contributed by atoms with Crippen molar-refractivity contribution in [1.29, 1.82) is 0 Å². The van der Waals surface area contributed by atoms with Crippen LogP contribution in [0, 0.1) is 18.7 Å². The number of allylic oxidation sites excluding steroid dienone is 1. The molecule has 7 nitrogen and oxygen atoms in total. The van der Waals surface area contributed by atoms with Crippen molar-refractivity contribution in [2.45, 2.75) is 47.5 Å². The molecule has 0 saturated carbocycles. The van der Waals surface area contributed by atoms with Gasteiger partial charge in [-0.2, -0.15) is 0 Å². The Morgan fingerprint density at radius 3 is 2.31 bits per heavy atom. The van der Waals surface area contributed by atoms with Gasteiger partial charge in [0, 0.05) is 57.0 Å². The topological polar surface area (TPSA) is 69.9 Å². The van der Waals surface area contributed by atoms with Gasteiger partial charge in [0.2, 0.25) is 5.91 Å². The van der Waals surface area contributed by atoms with Crippen molar-refractivity contribution in [3.05, 3.63) is 59.4 Å². The van der Waals surface area contributed by atoms with Crippen LogP contribution in [0.4, 0.5) is 4.39 Å². The lowest BCUT2D eigenvalue weighted by Crippen LogP contribution is -2.47. The Kier molecular flexibility index (Phi) is 13.4. The molecule has 2 rings (SSSR count). The molecule has 36 heavy (non-hydrogen) atoms. The molecule has 1 aromatic rings. The second kappa shape index (κ2) is 15.7. The van der Waals surface area contributed by atoms with Crippen molar-refractivity contribution in [2.24, 2.45) is 20.9 Å². The first-order valence-electron chi connectivity index (χ1n) is 12.3. The van der Waals surface area contributed by atoms with Gasteiger partial charge in [-0.25, -0.2) is 14.4 Å². The van der Waals surface area contributed by atoms with Crippen LogP contribution < -0.4 is 0 Å². The van der Waals surface area contributed by atoms with E-state index in [9.17, 15) is 9.18 Å². The van der Waals surface area contributed by atoms with Crippen LogP contribution in [0.2, 0.25) is 0 Å². The summed E-state index contributed by atoms with van der Waals surface area (Å²) in [5.41, 5.74) is 2.53. The summed E-state index contributed by atoms with van der Waals surface area (Å²) < 4.78 is 18.2. The third-order valence-electron chi connectivity index (χ3n) is 5.60. The number of amides is 1. The van der Waals surface area contributed by atoms with Gasteiger partial charge in [0.15, 0.2) is 5.84 Å². The van der Waals surface area contributed by atoms with Gasteiger partial charge in [-0.15, -0.1) is 0 Å². The van der Waals surface area contributed by atoms with Crippen molar-refractivity contribution >= 4 is 24.2 Å². The number of methoxy groups -OCH3 is 1. The smallest absolute Gasteiger partial charge is 0.222 e. The Hall–Kier alpha value is -3.29. The molecular formula is C28H42FN5O2. The third kappa shape index (κ3) is 10.1. The van der Waals surface area contributed by atoms with Gasteiger partial charge >= 0.3 is 0 Å². The second-order valence-corrected chi connectivity index (χ2v) is 9.01. The quantitative estimate of drug-likeness (QED) is 0.212. The fraction of sp³-hybridized carbons (Fsp3) is 0.500. The zero-order valence-corrected chi connectivity index (χ0v) is 23.0. The van der Waals surface area contributed by atoms with Crippen molar-refractivity contribution < 1.29 is 13.9 Å². The Balaban J connectivity index is 0.000000360. The van der Waals surface area contributed by atoms with Crippen LogP contribution in [0.15, 0.2) is 57.4 Å². The van der Waals surface area contributed by atoms with Gasteiger partial charge in [-0.1, -0.05) is 27.4 Å². The van der Waals surface area contributed by atoms with E-state index in [1.54, 1.807) is 39.3 Å². The lowest BCUT2D eigenvalue weighted by atomic mass is 10.1. The van der Waals surface area contributed by atoms with Gasteiger partial charge in [0.1, 0.15) is 17.4 Å². The van der Waals surface area contributed by atoms with E-state index < -0.39 is 0 Å². The molecule has 1 amide bonds. The first-order valence-corrected chi connectivity index (χ1v) is 12.3. The van der Waals surface area contributed by atoms with Gasteiger partial charge in [0.25, 0.3) is 0 Å². The number of piperazine rings is 1. The normalized spacial score (nSPS) is 14.9. The summed E-state index contributed by atoms with van der Waals surface area (Å²) in [5.74, 6) is 2.53. The SMILES string of the molecule is C=N/C(=C\C(=C)OC)N1CCN(C(=O)CC)CC1.CN=C(N=C(C)CC(C)C)c1ccc(F)c(C)c1. The predicted octanol–water partition coefficient (Wildman–Crippen LogP) is 5.26. The van der Waals surface area contributed by atoms with Crippen LogP contribution >= 0.6 is 0 Å². The van der Waals surface area contributed by atoms with Crippen molar-refractivity contribution in [3.63, 3.8) is 0 Å². The summed E-state index contributed by atoms with van der Waals surface area (Å²) >= 11 is 0. The molecule has 0 aromatic heterocycles. The minimum Gasteiger partial charge on any atom is -0.497 e. The lowest BCUT2D eigenvalue weighted by Gasteiger charge is -2.35. The maximum atomic E-state index is 13.2. The maximum Gasteiger partial charge on any atom is 0.222 e. The van der Waals surface area contributed by atoms with Gasteiger partial charge in [0.05, 0.1) is 7.11 Å². The standard InChI is InChI=1S/C15H21FN2.C13H21N3O2/c1-10(2)8-12(4)18-15(17-5)13-6-7-14(16)11(3)9-13;1-5-13(17)16-8-6-15(7-9-16)12(14-3)10-11(2)18-4/h6-7,9-10H,8H2,1-5H3;10H,2-3,5-9H2,1,4H3/b;12-10+. The highest BCUT2D eigenvalue weighted by Gasteiger charge is 2.21. The number of carbonyl (C=O) groups is 1. The average Bonchev–Trinajstić information content (AvgIpc) is 2.87. The van der Waals surface area contributed by atoms with Crippen LogP contribution in [-0.4, -0.2) is 74.3 Å². The van der Waals surface area contributed by atoms with E-state index in [-0.39, 0.29) is 11.7 Å². The number of hydrogen-bond donors (Lipinski definition) is 0. The third-order valence-corrected chi connectivity index (χ3v) is 5.60. The van der Waals surface area contributed by atoms with Crippen molar-refractivity contribution in [2.75, 3.05) is 40.3 Å². The van der Waals surface area contributed by atoms with E-state index in [4.69, 9.17) is 4.74 Å². The molecule has 1 fully saturated rings. The van der Waals surface area contributed by atoms with Crippen molar-refractivity contribution in [1.82, 2.24) is 9.80 Å². The van der Waals surface area contributed by atoms with Crippen LogP contribution in [-0.2, 0) is 9.53 Å². The van der Waals surface area contributed by atoms with Gasteiger partial charge in [-0.05, 0) is 56.7 Å². The molecule has 0 spiro atoms. The number of amidine groups is 1. The summed E-state index contributed by atoms with van der Waals surface area (Å²) in [6.07, 6.45) is 3.26. The molecule has 0 unspecified atom stereocenters. The van der Waals surface area contributed by atoms with E-state index in [0.29, 0.717) is 29.5 Å². The van der Waals surface area contributed by atoms with E-state index in [1.807, 2.05) is 18.7 Å². The first kappa shape index (κ1) is 30.7. The lowest BCUT2D eigenvalue weighted by molar-refractivity contribution is -0.132. The Bertz CT molecular complexity index is 990. The molecule has 1 aliphatic heterocycles. The number of halogens is 1. The van der Waals surface area contributed by atoms with Crippen molar-refractivity contribution in [3.8, 4) is 0 Å². The number of nitrogens with zero attached hydrogens (tertiary/aromatic N) is 5. The first-order chi connectivity index (χ1) is 17.1. The zero-order valence-electron chi connectivity index (χ0n) is 23.0. The molecule has 198 valence electrons. The zero-order chi connectivity index (χ0) is 27.3. The highest BCUT2D eigenvalue weighted by atomic mass is 19.1. The monoisotopic (exact) mass is 499 g/mol. The number of hydrogen-bond acceptors (Lipinski definition) is 5. The molecule has 1 heterocycles. The van der Waals surface area contributed by atoms with E-state index in [2.05, 4.69) is 47.0 Å². The number of aliphatic imine (C=N–C) groups is 3. The van der Waals surface area contributed by atoms with Crippen LogP contribution in [0.3, 0.4) is 0 Å². The van der Waals surface area contributed by atoms with E-state index >= 15 is 0 Å². The van der Waals surface area contributed by atoms with E-state index in [1.165, 1.54) is 6.07 Å². The number of benzene rings is 1. The molecule has 8 heteroatoms. The molecular weight excluding hydrogens is 457 g/mol. The number of rotatable bonds is 8. The highest BCUT2D eigenvalue weighted by molar-refractivity contribution is 6.06. The number of ether oxygens (including phenoxy) is 1. The minimum absolute atomic E-state index is 0.197. The molecule has 0 bridgehead atoms. The minimum atomic E-state index is -0.197. The Morgan fingerprint density at radius 1 is 1.22 bits per heavy atom. The molecule has 1 aromatic carbocycles. The fourth-order valence-corrected chi connectivity index (χ4v) is 3.69. The maximum absolute atomic E-state index is 13.2. The summed E-state index contributed by atoms with van der Waals surface area (Å²) in [6.45, 7) is 20.2. The van der Waals surface area contributed by atoms with Crippen LogP contribution in [0.1, 0.15) is 51.7 Å².